The van der Waals surface area contributed by atoms with E-state index in [1.165, 1.54) is 11.1 Å². The summed E-state index contributed by atoms with van der Waals surface area (Å²) in [7, 11) is 0. The van der Waals surface area contributed by atoms with E-state index in [0.717, 1.165) is 25.1 Å². The number of amides is 2. The zero-order valence-electron chi connectivity index (χ0n) is 15.5. The molecular formula is C22H26N2O2. The molecule has 1 aliphatic rings. The van der Waals surface area contributed by atoms with Crippen LogP contribution in [0.3, 0.4) is 0 Å². The van der Waals surface area contributed by atoms with Gasteiger partial charge < -0.3 is 10.2 Å². The van der Waals surface area contributed by atoms with Crippen LogP contribution in [0.4, 0.5) is 5.69 Å². The van der Waals surface area contributed by atoms with Crippen LogP contribution in [0.1, 0.15) is 54.1 Å². The highest BCUT2D eigenvalue weighted by Crippen LogP contribution is 2.21. The molecule has 0 atom stereocenters. The fraction of sp³-hybridized carbons (Fsp3) is 0.364. The Balaban J connectivity index is 1.51. The normalized spacial score (nSPS) is 14.1. The molecule has 2 aromatic rings. The molecule has 0 unspecified atom stereocenters. The first-order chi connectivity index (χ1) is 12.5. The first-order valence-corrected chi connectivity index (χ1v) is 9.32. The predicted octanol–water partition coefficient (Wildman–Crippen LogP) is 3.91. The van der Waals surface area contributed by atoms with Gasteiger partial charge in [-0.3, -0.25) is 9.59 Å². The molecular weight excluding hydrogens is 324 g/mol. The summed E-state index contributed by atoms with van der Waals surface area (Å²) in [4.78, 5) is 25.8. The molecule has 4 heteroatoms. The van der Waals surface area contributed by atoms with Crippen molar-refractivity contribution in [2.75, 3.05) is 18.0 Å². The van der Waals surface area contributed by atoms with Crippen molar-refractivity contribution in [3.8, 4) is 0 Å². The molecule has 0 radical (unpaired) electrons. The number of carbonyl (C=O) groups is 2. The van der Waals surface area contributed by atoms with Gasteiger partial charge in [-0.2, -0.15) is 0 Å². The van der Waals surface area contributed by atoms with Gasteiger partial charge in [-0.1, -0.05) is 38.1 Å². The van der Waals surface area contributed by atoms with Crippen molar-refractivity contribution in [2.24, 2.45) is 0 Å². The maximum atomic E-state index is 12.3. The zero-order valence-corrected chi connectivity index (χ0v) is 15.5. The largest absolute Gasteiger partial charge is 0.352 e. The molecule has 0 aromatic heterocycles. The lowest BCUT2D eigenvalue weighted by Gasteiger charge is -2.15. The Morgan fingerprint density at radius 3 is 2.35 bits per heavy atom. The third kappa shape index (κ3) is 4.31. The van der Waals surface area contributed by atoms with Crippen LogP contribution in [-0.4, -0.2) is 24.9 Å². The molecule has 1 aliphatic heterocycles. The lowest BCUT2D eigenvalue weighted by molar-refractivity contribution is -0.117. The molecule has 0 bridgehead atoms. The molecule has 1 saturated heterocycles. The van der Waals surface area contributed by atoms with Crippen molar-refractivity contribution in [1.82, 2.24) is 5.32 Å². The van der Waals surface area contributed by atoms with Gasteiger partial charge >= 0.3 is 0 Å². The number of anilines is 1. The minimum atomic E-state index is -0.0805. The van der Waals surface area contributed by atoms with Crippen molar-refractivity contribution in [3.63, 3.8) is 0 Å². The third-order valence-electron chi connectivity index (χ3n) is 4.86. The Morgan fingerprint density at radius 1 is 1.08 bits per heavy atom. The van der Waals surface area contributed by atoms with Crippen LogP contribution in [0.5, 0.6) is 0 Å². The molecule has 1 heterocycles. The molecule has 4 nitrogen and oxygen atoms in total. The molecule has 3 rings (SSSR count). The van der Waals surface area contributed by atoms with Crippen LogP contribution in [0.25, 0.3) is 0 Å². The number of benzene rings is 2. The lowest BCUT2D eigenvalue weighted by atomic mass is 10.0. The van der Waals surface area contributed by atoms with Gasteiger partial charge in [0.2, 0.25) is 5.91 Å². The summed E-state index contributed by atoms with van der Waals surface area (Å²) in [5.41, 5.74) is 4.04. The average molecular weight is 350 g/mol. The van der Waals surface area contributed by atoms with E-state index in [2.05, 4.69) is 43.4 Å². The predicted molar refractivity (Wildman–Crippen MR) is 105 cm³/mol. The first kappa shape index (κ1) is 18.2. The zero-order chi connectivity index (χ0) is 18.5. The Kier molecular flexibility index (Phi) is 5.71. The lowest BCUT2D eigenvalue weighted by Crippen LogP contribution is -2.26. The molecule has 1 fully saturated rings. The number of nitrogens with one attached hydrogen (secondary N) is 1. The number of rotatable bonds is 6. The van der Waals surface area contributed by atoms with E-state index in [1.54, 1.807) is 17.0 Å². The minimum absolute atomic E-state index is 0.0805. The van der Waals surface area contributed by atoms with E-state index in [1.807, 2.05) is 12.1 Å². The summed E-state index contributed by atoms with van der Waals surface area (Å²) < 4.78 is 0. The quantitative estimate of drug-likeness (QED) is 0.859. The van der Waals surface area contributed by atoms with E-state index in [9.17, 15) is 9.59 Å². The summed E-state index contributed by atoms with van der Waals surface area (Å²) in [5.74, 6) is 0.608. The summed E-state index contributed by atoms with van der Waals surface area (Å²) in [6.45, 7) is 5.73. The highest BCUT2D eigenvalue weighted by atomic mass is 16.2. The number of hydrogen-bond donors (Lipinski definition) is 1. The van der Waals surface area contributed by atoms with Crippen LogP contribution in [0.15, 0.2) is 48.5 Å². The average Bonchev–Trinajstić information content (AvgIpc) is 3.08. The van der Waals surface area contributed by atoms with Crippen molar-refractivity contribution in [2.45, 2.75) is 39.0 Å². The van der Waals surface area contributed by atoms with Crippen LogP contribution in [0, 0.1) is 0 Å². The van der Waals surface area contributed by atoms with Gasteiger partial charge in [0.1, 0.15) is 0 Å². The van der Waals surface area contributed by atoms with Gasteiger partial charge in [0, 0.05) is 30.8 Å². The molecule has 1 N–H and O–H groups in total. The van der Waals surface area contributed by atoms with Crippen LogP contribution >= 0.6 is 0 Å². The number of nitrogens with zero attached hydrogens (tertiary/aromatic N) is 1. The van der Waals surface area contributed by atoms with Crippen molar-refractivity contribution < 1.29 is 9.59 Å². The van der Waals surface area contributed by atoms with Gasteiger partial charge in [-0.05, 0) is 54.2 Å². The summed E-state index contributed by atoms with van der Waals surface area (Å²) >= 11 is 0. The fourth-order valence-corrected chi connectivity index (χ4v) is 3.21. The van der Waals surface area contributed by atoms with Gasteiger partial charge in [-0.15, -0.1) is 0 Å². The van der Waals surface area contributed by atoms with Crippen molar-refractivity contribution >= 4 is 17.5 Å². The summed E-state index contributed by atoms with van der Waals surface area (Å²) in [6.07, 6.45) is 2.32. The van der Waals surface area contributed by atoms with E-state index in [-0.39, 0.29) is 11.8 Å². The Morgan fingerprint density at radius 2 is 1.77 bits per heavy atom. The van der Waals surface area contributed by atoms with Crippen molar-refractivity contribution in [3.05, 3.63) is 65.2 Å². The second-order valence-electron chi connectivity index (χ2n) is 7.10. The van der Waals surface area contributed by atoms with Gasteiger partial charge in [0.05, 0.1) is 0 Å². The van der Waals surface area contributed by atoms with Gasteiger partial charge in [0.15, 0.2) is 0 Å². The maximum Gasteiger partial charge on any atom is 0.251 e. The minimum Gasteiger partial charge on any atom is -0.352 e. The van der Waals surface area contributed by atoms with E-state index < -0.39 is 0 Å². The molecule has 136 valence electrons. The summed E-state index contributed by atoms with van der Waals surface area (Å²) in [5, 5.41) is 2.96. The van der Waals surface area contributed by atoms with Gasteiger partial charge in [0.25, 0.3) is 5.91 Å². The second-order valence-corrected chi connectivity index (χ2v) is 7.10. The van der Waals surface area contributed by atoms with Crippen LogP contribution < -0.4 is 10.2 Å². The monoisotopic (exact) mass is 350 g/mol. The Labute approximate surface area is 155 Å². The van der Waals surface area contributed by atoms with E-state index >= 15 is 0 Å². The van der Waals surface area contributed by atoms with E-state index in [0.29, 0.717) is 24.4 Å². The van der Waals surface area contributed by atoms with E-state index in [4.69, 9.17) is 0 Å². The number of carbonyl (C=O) groups excluding carboxylic acids is 2. The maximum absolute atomic E-state index is 12.3. The molecule has 26 heavy (non-hydrogen) atoms. The molecule has 2 aromatic carbocycles. The first-order valence-electron chi connectivity index (χ1n) is 9.32. The fourth-order valence-electron chi connectivity index (χ4n) is 3.21. The Bertz CT molecular complexity index is 764. The highest BCUT2D eigenvalue weighted by molar-refractivity contribution is 5.97. The standard InChI is InChI=1S/C22H26N2O2/c1-16(2)18-7-5-17(6-8-18)13-14-23-22(26)19-9-11-20(12-10-19)24-15-3-4-21(24)25/h5-12,16H,3-4,13-15H2,1-2H3,(H,23,26). The molecule has 0 saturated carbocycles. The highest BCUT2D eigenvalue weighted by Gasteiger charge is 2.21. The smallest absolute Gasteiger partial charge is 0.251 e. The van der Waals surface area contributed by atoms with Crippen LogP contribution in [-0.2, 0) is 11.2 Å². The second kappa shape index (κ2) is 8.17. The molecule has 2 amide bonds. The number of hydrogen-bond acceptors (Lipinski definition) is 2. The van der Waals surface area contributed by atoms with Crippen molar-refractivity contribution in [1.29, 1.82) is 0 Å². The Hall–Kier alpha value is -2.62. The molecule has 0 aliphatic carbocycles. The summed E-state index contributed by atoms with van der Waals surface area (Å²) in [6, 6.07) is 15.8. The van der Waals surface area contributed by atoms with Gasteiger partial charge in [-0.25, -0.2) is 0 Å². The topological polar surface area (TPSA) is 49.4 Å². The SMILES string of the molecule is CC(C)c1ccc(CCNC(=O)c2ccc(N3CCCC3=O)cc2)cc1. The van der Waals surface area contributed by atoms with Crippen LogP contribution in [0.2, 0.25) is 0 Å². The third-order valence-corrected chi connectivity index (χ3v) is 4.86. The molecule has 0 spiro atoms.